The number of likely N-dealkylation sites (N-methyl/N-ethyl adjacent to an activating group) is 1. The van der Waals surface area contributed by atoms with Gasteiger partial charge in [-0.25, -0.2) is 4.79 Å². The number of halogens is 1. The highest BCUT2D eigenvalue weighted by Gasteiger charge is 2.39. The van der Waals surface area contributed by atoms with E-state index in [1.165, 1.54) is 0 Å². The van der Waals surface area contributed by atoms with Gasteiger partial charge in [0.25, 0.3) is 5.91 Å². The van der Waals surface area contributed by atoms with E-state index >= 15 is 0 Å². The minimum absolute atomic E-state index is 0.0273. The van der Waals surface area contributed by atoms with E-state index in [9.17, 15) is 14.4 Å². The Morgan fingerprint density at radius 2 is 1.88 bits per heavy atom. The molecule has 2 saturated heterocycles. The average Bonchev–Trinajstić information content (AvgIpc) is 2.99. The van der Waals surface area contributed by atoms with Gasteiger partial charge in [0, 0.05) is 32.4 Å². The standard InChI is InChI=1S/C30H38ClN5O6/c1-35-25-9-8-21(18-28(37)32-11-4-12-36-13-15-40-16-14-36)42-27(25)19-41-26-10-7-20(17-22(26)29(35)38)33-30(39)34-24-6-3-2-5-23(24)31/h2-3,5-7,10,17,21,25,27H,4,8-9,11-16,18-19H2,1H3,(H,32,37)(H2,33,34,39)/t21-,25-,27+/m1/s1. The van der Waals surface area contributed by atoms with Crippen molar-refractivity contribution in [1.82, 2.24) is 15.1 Å². The average molecular weight is 600 g/mol. The fourth-order valence-electron chi connectivity index (χ4n) is 5.59. The first-order chi connectivity index (χ1) is 20.4. The first kappa shape index (κ1) is 30.1. The molecule has 226 valence electrons. The topological polar surface area (TPSA) is 121 Å². The fourth-order valence-corrected chi connectivity index (χ4v) is 5.77. The zero-order valence-corrected chi connectivity index (χ0v) is 24.5. The largest absolute Gasteiger partial charge is 0.490 e. The van der Waals surface area contributed by atoms with Gasteiger partial charge in [0.05, 0.1) is 48.1 Å². The van der Waals surface area contributed by atoms with Crippen LogP contribution in [0.15, 0.2) is 42.5 Å². The summed E-state index contributed by atoms with van der Waals surface area (Å²) in [4.78, 5) is 42.7. The molecule has 2 fully saturated rings. The van der Waals surface area contributed by atoms with E-state index in [4.69, 9.17) is 25.8 Å². The Morgan fingerprint density at radius 1 is 1.07 bits per heavy atom. The Bertz CT molecular complexity index is 1270. The quantitative estimate of drug-likeness (QED) is 0.397. The highest BCUT2D eigenvalue weighted by Crippen LogP contribution is 2.32. The van der Waals surface area contributed by atoms with Crippen LogP contribution in [-0.2, 0) is 14.3 Å². The molecule has 11 nitrogen and oxygen atoms in total. The monoisotopic (exact) mass is 599 g/mol. The van der Waals surface area contributed by atoms with Gasteiger partial charge in [-0.3, -0.25) is 14.5 Å². The molecular formula is C30H38ClN5O6. The van der Waals surface area contributed by atoms with Crippen molar-refractivity contribution in [3.63, 3.8) is 0 Å². The summed E-state index contributed by atoms with van der Waals surface area (Å²) >= 11 is 6.13. The first-order valence-corrected chi connectivity index (χ1v) is 14.8. The van der Waals surface area contributed by atoms with Crippen molar-refractivity contribution in [2.24, 2.45) is 0 Å². The van der Waals surface area contributed by atoms with Crippen LogP contribution < -0.4 is 20.7 Å². The van der Waals surface area contributed by atoms with Crippen molar-refractivity contribution < 1.29 is 28.6 Å². The third-order valence-electron chi connectivity index (χ3n) is 7.88. The smallest absolute Gasteiger partial charge is 0.323 e. The van der Waals surface area contributed by atoms with Crippen LogP contribution in [0, 0.1) is 0 Å². The number of nitrogens with one attached hydrogen (secondary N) is 3. The molecule has 0 spiro atoms. The first-order valence-electron chi connectivity index (χ1n) is 14.5. The summed E-state index contributed by atoms with van der Waals surface area (Å²) in [6.07, 6.45) is 1.93. The number of urea groups is 1. The maximum Gasteiger partial charge on any atom is 0.323 e. The third kappa shape index (κ3) is 7.71. The molecule has 3 atom stereocenters. The normalized spacial score (nSPS) is 22.6. The van der Waals surface area contributed by atoms with Crippen LogP contribution in [0.3, 0.4) is 0 Å². The molecule has 3 N–H and O–H groups in total. The molecule has 42 heavy (non-hydrogen) atoms. The van der Waals surface area contributed by atoms with Crippen LogP contribution in [0.5, 0.6) is 5.75 Å². The Kier molecular flexibility index (Phi) is 10.2. The van der Waals surface area contributed by atoms with Gasteiger partial charge in [-0.15, -0.1) is 0 Å². The van der Waals surface area contributed by atoms with Gasteiger partial charge in [-0.1, -0.05) is 23.7 Å². The lowest BCUT2D eigenvalue weighted by Crippen LogP contribution is -2.54. The second-order valence-corrected chi connectivity index (χ2v) is 11.2. The molecule has 0 bridgehead atoms. The Labute approximate surface area is 250 Å². The number of ether oxygens (including phenoxy) is 3. The highest BCUT2D eigenvalue weighted by molar-refractivity contribution is 6.33. The van der Waals surface area contributed by atoms with Crippen LogP contribution in [0.25, 0.3) is 0 Å². The molecule has 3 heterocycles. The molecular weight excluding hydrogens is 562 g/mol. The molecule has 2 aromatic carbocycles. The van der Waals surface area contributed by atoms with Crippen molar-refractivity contribution in [3.05, 3.63) is 53.1 Å². The molecule has 0 radical (unpaired) electrons. The summed E-state index contributed by atoms with van der Waals surface area (Å²) in [5, 5.41) is 8.89. The number of morpholine rings is 1. The second-order valence-electron chi connectivity index (χ2n) is 10.8. The van der Waals surface area contributed by atoms with Crippen LogP contribution in [0.2, 0.25) is 5.02 Å². The zero-order valence-electron chi connectivity index (χ0n) is 23.8. The lowest BCUT2D eigenvalue weighted by atomic mass is 9.94. The lowest BCUT2D eigenvalue weighted by molar-refractivity contribution is -0.134. The molecule has 3 aliphatic rings. The molecule has 0 aliphatic carbocycles. The maximum atomic E-state index is 13.5. The van der Waals surface area contributed by atoms with Crippen molar-refractivity contribution in [1.29, 1.82) is 0 Å². The van der Waals surface area contributed by atoms with Crippen LogP contribution in [0.4, 0.5) is 16.2 Å². The number of amides is 4. The van der Waals surface area contributed by atoms with Crippen LogP contribution in [-0.4, -0.2) is 98.9 Å². The van der Waals surface area contributed by atoms with Gasteiger partial charge >= 0.3 is 6.03 Å². The van der Waals surface area contributed by atoms with Crippen LogP contribution >= 0.6 is 11.6 Å². The number of fused-ring (bicyclic) bond motifs is 2. The third-order valence-corrected chi connectivity index (χ3v) is 8.21. The van der Waals surface area contributed by atoms with Crippen molar-refractivity contribution in [3.8, 4) is 5.75 Å². The molecule has 0 aromatic heterocycles. The van der Waals surface area contributed by atoms with E-state index in [-0.39, 0.29) is 43.1 Å². The number of anilines is 2. The number of rotatable bonds is 8. The van der Waals surface area contributed by atoms with Crippen molar-refractivity contribution in [2.45, 2.75) is 43.9 Å². The molecule has 0 saturated carbocycles. The summed E-state index contributed by atoms with van der Waals surface area (Å²) < 4.78 is 17.7. The van der Waals surface area contributed by atoms with Gasteiger partial charge in [0.1, 0.15) is 18.5 Å². The van der Waals surface area contributed by atoms with Gasteiger partial charge in [-0.05, 0) is 56.1 Å². The number of hydrogen-bond donors (Lipinski definition) is 3. The number of benzene rings is 2. The number of carbonyl (C=O) groups excluding carboxylic acids is 3. The predicted molar refractivity (Wildman–Crippen MR) is 159 cm³/mol. The van der Waals surface area contributed by atoms with Gasteiger partial charge in [0.15, 0.2) is 0 Å². The van der Waals surface area contributed by atoms with E-state index in [1.54, 1.807) is 54.4 Å². The predicted octanol–water partition coefficient (Wildman–Crippen LogP) is 3.59. The highest BCUT2D eigenvalue weighted by atomic mass is 35.5. The molecule has 4 amide bonds. The molecule has 12 heteroatoms. The summed E-state index contributed by atoms with van der Waals surface area (Å²) in [5.74, 6) is 0.154. The number of para-hydroxylation sites is 1. The SMILES string of the molecule is CN1C(=O)c2cc(NC(=O)Nc3ccccc3Cl)ccc2OC[C@@H]2O[C@@H](CC(=O)NCCCN3CCOCC3)CC[C@H]21. The maximum absolute atomic E-state index is 13.5. The second kappa shape index (κ2) is 14.2. The number of carbonyl (C=O) groups is 3. The summed E-state index contributed by atoms with van der Waals surface area (Å²) in [6.45, 7) is 5.24. The summed E-state index contributed by atoms with van der Waals surface area (Å²) in [5.41, 5.74) is 1.27. The Balaban J connectivity index is 1.13. The van der Waals surface area contributed by atoms with Crippen molar-refractivity contribution >= 4 is 40.8 Å². The van der Waals surface area contributed by atoms with Gasteiger partial charge < -0.3 is 35.1 Å². The summed E-state index contributed by atoms with van der Waals surface area (Å²) in [7, 11) is 1.75. The van der Waals surface area contributed by atoms with E-state index in [1.807, 2.05) is 0 Å². The van der Waals surface area contributed by atoms with Gasteiger partial charge in [0.2, 0.25) is 5.91 Å². The number of hydrogen-bond acceptors (Lipinski definition) is 7. The molecule has 3 aliphatic heterocycles. The molecule has 5 rings (SSSR count). The lowest BCUT2D eigenvalue weighted by Gasteiger charge is -2.42. The fraction of sp³-hybridized carbons (Fsp3) is 0.500. The molecule has 0 unspecified atom stereocenters. The van der Waals surface area contributed by atoms with E-state index in [0.717, 1.165) is 39.3 Å². The Morgan fingerprint density at radius 3 is 2.69 bits per heavy atom. The van der Waals surface area contributed by atoms with E-state index in [0.29, 0.717) is 47.1 Å². The van der Waals surface area contributed by atoms with Gasteiger partial charge in [-0.2, -0.15) is 0 Å². The Hall–Kier alpha value is -3.38. The minimum atomic E-state index is -0.483. The minimum Gasteiger partial charge on any atom is -0.490 e. The van der Waals surface area contributed by atoms with Crippen molar-refractivity contribution in [2.75, 3.05) is 63.7 Å². The molecule has 2 aromatic rings. The van der Waals surface area contributed by atoms with E-state index < -0.39 is 6.03 Å². The van der Waals surface area contributed by atoms with E-state index in [2.05, 4.69) is 20.9 Å². The number of nitrogens with zero attached hydrogens (tertiary/aromatic N) is 2. The van der Waals surface area contributed by atoms with Crippen LogP contribution in [0.1, 0.15) is 36.0 Å². The zero-order chi connectivity index (χ0) is 29.5. The summed E-state index contributed by atoms with van der Waals surface area (Å²) in [6, 6.07) is 11.2.